The van der Waals surface area contributed by atoms with Crippen LogP contribution < -0.4 is 5.73 Å². The Kier molecular flexibility index (Phi) is 3.32. The fraction of sp³-hybridized carbons (Fsp3) is 0.0769. The van der Waals surface area contributed by atoms with E-state index in [4.69, 9.17) is 17.3 Å². The summed E-state index contributed by atoms with van der Waals surface area (Å²) in [4.78, 5) is 0. The van der Waals surface area contributed by atoms with Gasteiger partial charge in [0.1, 0.15) is 23.3 Å². The molecule has 1 atom stereocenters. The number of anilines is 1. The standard InChI is InChI=1S/C13H12ClNO3/c14-8-3-1-7(2-4-8)12(17)9-5-6-10(16)11(15)13(9)18/h1-6,12,16-18H,15H2. The maximum atomic E-state index is 10.1. The molecule has 94 valence electrons. The summed E-state index contributed by atoms with van der Waals surface area (Å²) in [5.74, 6) is -0.544. The SMILES string of the molecule is Nc1c(O)ccc(C(O)c2ccc(Cl)cc2)c1O. The molecule has 5 N–H and O–H groups in total. The highest BCUT2D eigenvalue weighted by molar-refractivity contribution is 6.30. The van der Waals surface area contributed by atoms with Crippen LogP contribution in [0.5, 0.6) is 11.5 Å². The number of aromatic hydroxyl groups is 2. The van der Waals surface area contributed by atoms with Crippen molar-refractivity contribution in [2.45, 2.75) is 6.10 Å². The fourth-order valence-electron chi connectivity index (χ4n) is 1.66. The molecule has 2 rings (SSSR count). The number of aliphatic hydroxyl groups is 1. The van der Waals surface area contributed by atoms with Crippen LogP contribution in [0.1, 0.15) is 17.2 Å². The van der Waals surface area contributed by atoms with Gasteiger partial charge in [-0.1, -0.05) is 23.7 Å². The van der Waals surface area contributed by atoms with Gasteiger partial charge in [-0.2, -0.15) is 0 Å². The van der Waals surface area contributed by atoms with Crippen LogP contribution in [0.2, 0.25) is 5.02 Å². The van der Waals surface area contributed by atoms with E-state index < -0.39 is 6.10 Å². The Labute approximate surface area is 109 Å². The Hall–Kier alpha value is -1.91. The van der Waals surface area contributed by atoms with Crippen molar-refractivity contribution in [3.63, 3.8) is 0 Å². The summed E-state index contributed by atoms with van der Waals surface area (Å²) in [7, 11) is 0. The number of halogens is 1. The quantitative estimate of drug-likeness (QED) is 0.496. The molecule has 0 saturated carbocycles. The summed E-state index contributed by atoms with van der Waals surface area (Å²) in [6.45, 7) is 0. The fourth-order valence-corrected chi connectivity index (χ4v) is 1.79. The van der Waals surface area contributed by atoms with Gasteiger partial charge in [0.2, 0.25) is 0 Å². The Balaban J connectivity index is 2.43. The molecular formula is C13H12ClNO3. The number of nitrogen functional groups attached to an aromatic ring is 1. The van der Waals surface area contributed by atoms with Gasteiger partial charge >= 0.3 is 0 Å². The third kappa shape index (κ3) is 2.20. The zero-order chi connectivity index (χ0) is 13.3. The van der Waals surface area contributed by atoms with Gasteiger partial charge in [0.25, 0.3) is 0 Å². The van der Waals surface area contributed by atoms with Crippen LogP contribution >= 0.6 is 11.6 Å². The first-order valence-electron chi connectivity index (χ1n) is 5.24. The van der Waals surface area contributed by atoms with E-state index in [9.17, 15) is 15.3 Å². The highest BCUT2D eigenvalue weighted by atomic mass is 35.5. The van der Waals surface area contributed by atoms with Crippen molar-refractivity contribution < 1.29 is 15.3 Å². The van der Waals surface area contributed by atoms with Gasteiger partial charge in [-0.15, -0.1) is 0 Å². The molecule has 2 aromatic rings. The molecule has 18 heavy (non-hydrogen) atoms. The number of phenolic OH excluding ortho intramolecular Hbond substituents is 2. The molecule has 0 saturated heterocycles. The lowest BCUT2D eigenvalue weighted by molar-refractivity contribution is 0.215. The van der Waals surface area contributed by atoms with E-state index in [1.54, 1.807) is 24.3 Å². The van der Waals surface area contributed by atoms with Crippen LogP contribution in [0.4, 0.5) is 5.69 Å². The number of phenols is 2. The number of nitrogens with two attached hydrogens (primary N) is 1. The first kappa shape index (κ1) is 12.5. The normalized spacial score (nSPS) is 12.3. The third-order valence-electron chi connectivity index (χ3n) is 2.71. The first-order valence-corrected chi connectivity index (χ1v) is 5.62. The number of hydrogen-bond donors (Lipinski definition) is 4. The molecule has 4 nitrogen and oxygen atoms in total. The monoisotopic (exact) mass is 265 g/mol. The van der Waals surface area contributed by atoms with Gasteiger partial charge in [0.05, 0.1) is 0 Å². The molecule has 0 aliphatic carbocycles. The molecule has 0 amide bonds. The summed E-state index contributed by atoms with van der Waals surface area (Å²) in [5.41, 5.74) is 6.14. The molecule has 2 aromatic carbocycles. The Morgan fingerprint density at radius 3 is 2.22 bits per heavy atom. The second-order valence-electron chi connectivity index (χ2n) is 3.89. The summed E-state index contributed by atoms with van der Waals surface area (Å²) >= 11 is 5.76. The van der Waals surface area contributed by atoms with Crippen LogP contribution in [0.3, 0.4) is 0 Å². The lowest BCUT2D eigenvalue weighted by Gasteiger charge is -2.15. The smallest absolute Gasteiger partial charge is 0.148 e. The molecule has 0 spiro atoms. The second kappa shape index (κ2) is 4.76. The topological polar surface area (TPSA) is 86.7 Å². The van der Waals surface area contributed by atoms with E-state index in [1.165, 1.54) is 12.1 Å². The average molecular weight is 266 g/mol. The highest BCUT2D eigenvalue weighted by Gasteiger charge is 2.17. The van der Waals surface area contributed by atoms with E-state index >= 15 is 0 Å². The van der Waals surface area contributed by atoms with Gasteiger partial charge in [-0.05, 0) is 29.8 Å². The maximum Gasteiger partial charge on any atom is 0.148 e. The van der Waals surface area contributed by atoms with Gasteiger partial charge < -0.3 is 21.1 Å². The summed E-state index contributed by atoms with van der Waals surface area (Å²) in [5, 5.41) is 29.8. The van der Waals surface area contributed by atoms with Crippen LogP contribution in [0, 0.1) is 0 Å². The second-order valence-corrected chi connectivity index (χ2v) is 4.33. The van der Waals surface area contributed by atoms with Crippen molar-refractivity contribution in [3.05, 3.63) is 52.5 Å². The van der Waals surface area contributed by atoms with E-state index in [1.807, 2.05) is 0 Å². The maximum absolute atomic E-state index is 10.1. The molecule has 0 radical (unpaired) electrons. The molecule has 0 aromatic heterocycles. The zero-order valence-electron chi connectivity index (χ0n) is 9.34. The number of hydrogen-bond acceptors (Lipinski definition) is 4. The molecule has 1 unspecified atom stereocenters. The lowest BCUT2D eigenvalue weighted by Crippen LogP contribution is -2.01. The average Bonchev–Trinajstić information content (AvgIpc) is 2.36. The minimum atomic E-state index is -1.04. The molecule has 0 fully saturated rings. The molecule has 0 aliphatic rings. The van der Waals surface area contributed by atoms with Crippen LogP contribution in [-0.4, -0.2) is 15.3 Å². The summed E-state index contributed by atoms with van der Waals surface area (Å²) in [6.07, 6.45) is -1.04. The Bertz CT molecular complexity index is 569. The molecule has 0 aliphatic heterocycles. The molecule has 0 bridgehead atoms. The Morgan fingerprint density at radius 2 is 1.61 bits per heavy atom. The van der Waals surface area contributed by atoms with Gasteiger partial charge in [-0.25, -0.2) is 0 Å². The number of benzene rings is 2. The molecule has 5 heteroatoms. The molecule has 0 heterocycles. The van der Waals surface area contributed by atoms with Gasteiger partial charge in [0, 0.05) is 10.6 Å². The van der Waals surface area contributed by atoms with E-state index in [0.717, 1.165) is 0 Å². The number of rotatable bonds is 2. The van der Waals surface area contributed by atoms with Crippen LogP contribution in [0.25, 0.3) is 0 Å². The summed E-state index contributed by atoms with van der Waals surface area (Å²) < 4.78 is 0. The largest absolute Gasteiger partial charge is 0.506 e. The predicted molar refractivity (Wildman–Crippen MR) is 69.7 cm³/mol. The van der Waals surface area contributed by atoms with Crippen molar-refractivity contribution in [1.29, 1.82) is 0 Å². The van der Waals surface area contributed by atoms with E-state index in [2.05, 4.69) is 0 Å². The minimum absolute atomic E-state index is 0.152. The minimum Gasteiger partial charge on any atom is -0.506 e. The van der Waals surface area contributed by atoms with Crippen molar-refractivity contribution >= 4 is 17.3 Å². The van der Waals surface area contributed by atoms with Crippen molar-refractivity contribution in [3.8, 4) is 11.5 Å². The number of aliphatic hydroxyl groups excluding tert-OH is 1. The lowest BCUT2D eigenvalue weighted by atomic mass is 10.00. The van der Waals surface area contributed by atoms with Crippen molar-refractivity contribution in [2.24, 2.45) is 0 Å². The third-order valence-corrected chi connectivity index (χ3v) is 2.96. The molecular weight excluding hydrogens is 254 g/mol. The summed E-state index contributed by atoms with van der Waals surface area (Å²) in [6, 6.07) is 9.32. The van der Waals surface area contributed by atoms with E-state index in [-0.39, 0.29) is 22.7 Å². The van der Waals surface area contributed by atoms with Crippen LogP contribution in [-0.2, 0) is 0 Å². The van der Waals surface area contributed by atoms with Crippen molar-refractivity contribution in [2.75, 3.05) is 5.73 Å². The Morgan fingerprint density at radius 1 is 1.00 bits per heavy atom. The van der Waals surface area contributed by atoms with E-state index in [0.29, 0.717) is 10.6 Å². The first-order chi connectivity index (χ1) is 8.50. The van der Waals surface area contributed by atoms with Gasteiger partial charge in [0.15, 0.2) is 0 Å². The zero-order valence-corrected chi connectivity index (χ0v) is 10.1. The van der Waals surface area contributed by atoms with Crippen LogP contribution in [0.15, 0.2) is 36.4 Å². The van der Waals surface area contributed by atoms with Gasteiger partial charge in [-0.3, -0.25) is 0 Å². The highest BCUT2D eigenvalue weighted by Crippen LogP contribution is 2.38. The van der Waals surface area contributed by atoms with Crippen molar-refractivity contribution in [1.82, 2.24) is 0 Å². The predicted octanol–water partition coefficient (Wildman–Crippen LogP) is 2.42.